The molecule has 7 nitrogen and oxygen atoms in total. The fraction of sp³-hybridized carbons (Fsp3) is 0.312. The van der Waals surface area contributed by atoms with Crippen LogP contribution in [0.2, 0.25) is 0 Å². The van der Waals surface area contributed by atoms with Crippen molar-refractivity contribution in [1.29, 1.82) is 0 Å². The van der Waals surface area contributed by atoms with Gasteiger partial charge < -0.3 is 10.3 Å². The van der Waals surface area contributed by atoms with Crippen molar-refractivity contribution in [3.8, 4) is 0 Å². The van der Waals surface area contributed by atoms with Gasteiger partial charge in [0.05, 0.1) is 11.0 Å². The molecule has 2 amide bonds. The van der Waals surface area contributed by atoms with E-state index >= 15 is 0 Å². The maximum Gasteiger partial charge on any atom is 0.343 e. The quantitative estimate of drug-likeness (QED) is 0.331. The number of nitrogens with zero attached hydrogens (tertiary/aromatic N) is 3. The van der Waals surface area contributed by atoms with Gasteiger partial charge in [-0.05, 0) is 19.9 Å². The van der Waals surface area contributed by atoms with Gasteiger partial charge in [0.25, 0.3) is 0 Å². The van der Waals surface area contributed by atoms with E-state index in [2.05, 4.69) is 15.4 Å². The van der Waals surface area contributed by atoms with Gasteiger partial charge in [-0.1, -0.05) is 42.2 Å². The Morgan fingerprint density at radius 2 is 2.24 bits per heavy atom. The summed E-state index contributed by atoms with van der Waals surface area (Å²) in [6.45, 7) is 3.81. The molecule has 1 aliphatic rings. The monoisotopic (exact) mass is 377 g/mol. The molecule has 1 saturated heterocycles. The van der Waals surface area contributed by atoms with Crippen molar-refractivity contribution in [3.05, 3.63) is 36.0 Å². The second kappa shape index (κ2) is 6.66. The molecule has 0 aliphatic carbocycles. The fourth-order valence-electron chi connectivity index (χ4n) is 2.78. The summed E-state index contributed by atoms with van der Waals surface area (Å²) in [5.74, 6) is 0. The van der Waals surface area contributed by atoms with Crippen molar-refractivity contribution in [2.75, 3.05) is 7.05 Å². The van der Waals surface area contributed by atoms with Crippen LogP contribution in [0.25, 0.3) is 10.9 Å². The summed E-state index contributed by atoms with van der Waals surface area (Å²) in [6, 6.07) is 7.27. The average Bonchev–Trinajstić information content (AvgIpc) is 3.09. The van der Waals surface area contributed by atoms with E-state index in [1.165, 1.54) is 23.8 Å². The molecule has 1 aromatic heterocycles. The number of carbonyl (C=O) groups is 1. The maximum atomic E-state index is 11.9. The second-order valence-electron chi connectivity index (χ2n) is 6.12. The minimum absolute atomic E-state index is 0.494. The molecule has 1 aromatic carbocycles. The third-order valence-electron chi connectivity index (χ3n) is 3.99. The molecule has 2 heterocycles. The van der Waals surface area contributed by atoms with E-state index in [-0.39, 0.29) is 0 Å². The topological polar surface area (TPSA) is 84.0 Å². The first-order valence-electron chi connectivity index (χ1n) is 7.67. The number of nitrogens with one attached hydrogen (secondary N) is 2. The molecule has 0 unspecified atom stereocenters. The van der Waals surface area contributed by atoms with E-state index in [9.17, 15) is 10.0 Å². The highest BCUT2D eigenvalue weighted by molar-refractivity contribution is 8.24. The third-order valence-corrected chi connectivity index (χ3v) is 5.52. The summed E-state index contributed by atoms with van der Waals surface area (Å²) in [7, 11) is 1.46. The number of fused-ring (bicyclic) bond motifs is 1. The molecule has 0 spiro atoms. The lowest BCUT2D eigenvalue weighted by molar-refractivity contribution is -0.117. The summed E-state index contributed by atoms with van der Waals surface area (Å²) in [5.41, 5.74) is 1.91. The maximum absolute atomic E-state index is 11.9. The average molecular weight is 377 g/mol. The highest BCUT2D eigenvalue weighted by atomic mass is 32.2. The number of amides is 2. The standard InChI is InChI=1S/C16H19N5O2S2/c1-16(2)13(21(23)14(22)17-3)20(15(24)25-16)19-9-10-8-18-12-7-5-4-6-11(10)12/h4-9,13,18,23H,1-3H3,(H,17,22)/b19-9+/t13-/m1/s1. The van der Waals surface area contributed by atoms with Gasteiger partial charge in [0, 0.05) is 29.7 Å². The number of aromatic amines is 1. The smallest absolute Gasteiger partial charge is 0.343 e. The third kappa shape index (κ3) is 3.22. The first-order valence-corrected chi connectivity index (χ1v) is 8.90. The predicted octanol–water partition coefficient (Wildman–Crippen LogP) is 2.97. The normalized spacial score (nSPS) is 19.8. The number of rotatable bonds is 3. The van der Waals surface area contributed by atoms with E-state index < -0.39 is 16.9 Å². The van der Waals surface area contributed by atoms with Gasteiger partial charge in [-0.15, -0.1) is 0 Å². The van der Waals surface area contributed by atoms with Crippen molar-refractivity contribution < 1.29 is 10.0 Å². The number of thiocarbonyl (C=S) groups is 1. The van der Waals surface area contributed by atoms with Crippen molar-refractivity contribution in [1.82, 2.24) is 20.4 Å². The van der Waals surface area contributed by atoms with Gasteiger partial charge in [-0.2, -0.15) is 10.2 Å². The van der Waals surface area contributed by atoms with Crippen LogP contribution in [0.15, 0.2) is 35.6 Å². The Morgan fingerprint density at radius 3 is 2.96 bits per heavy atom. The highest BCUT2D eigenvalue weighted by Crippen LogP contribution is 2.42. The van der Waals surface area contributed by atoms with Crippen LogP contribution in [0.1, 0.15) is 19.4 Å². The zero-order valence-electron chi connectivity index (χ0n) is 14.1. The van der Waals surface area contributed by atoms with Crippen molar-refractivity contribution in [3.63, 3.8) is 0 Å². The summed E-state index contributed by atoms with van der Waals surface area (Å²) in [6.07, 6.45) is 2.82. The van der Waals surface area contributed by atoms with Crippen molar-refractivity contribution >= 4 is 51.4 Å². The molecule has 25 heavy (non-hydrogen) atoms. The molecule has 0 saturated carbocycles. The van der Waals surface area contributed by atoms with Crippen LogP contribution in [0, 0.1) is 0 Å². The number of carbonyl (C=O) groups excluding carboxylic acids is 1. The van der Waals surface area contributed by atoms with Crippen molar-refractivity contribution in [2.24, 2.45) is 5.10 Å². The summed E-state index contributed by atoms with van der Waals surface area (Å²) < 4.78 is -0.0235. The summed E-state index contributed by atoms with van der Waals surface area (Å²) in [4.78, 5) is 15.1. The van der Waals surface area contributed by atoms with Crippen LogP contribution >= 0.6 is 24.0 Å². The zero-order valence-corrected chi connectivity index (χ0v) is 15.7. The Hall–Kier alpha value is -2.10. The number of aromatic nitrogens is 1. The highest BCUT2D eigenvalue weighted by Gasteiger charge is 2.49. The number of hydrogen-bond donors (Lipinski definition) is 3. The molecule has 0 radical (unpaired) electrons. The van der Waals surface area contributed by atoms with Gasteiger partial charge in [0.1, 0.15) is 0 Å². The number of hydrogen-bond acceptors (Lipinski definition) is 5. The Morgan fingerprint density at radius 1 is 1.52 bits per heavy atom. The minimum atomic E-state index is -0.716. The zero-order chi connectivity index (χ0) is 18.2. The molecule has 1 fully saturated rings. The lowest BCUT2D eigenvalue weighted by Gasteiger charge is -2.33. The number of hydrazone groups is 1. The number of H-pyrrole nitrogens is 1. The lowest BCUT2D eigenvalue weighted by atomic mass is 10.1. The van der Waals surface area contributed by atoms with E-state index in [1.54, 1.807) is 6.21 Å². The summed E-state index contributed by atoms with van der Waals surface area (Å²) >= 11 is 6.79. The molecular weight excluding hydrogens is 358 g/mol. The van der Waals surface area contributed by atoms with Gasteiger partial charge in [-0.3, -0.25) is 5.21 Å². The molecule has 2 aromatic rings. The SMILES string of the molecule is CNC(=O)N(O)[C@H]1N(/N=C/c2c[nH]c3ccccc23)C(=S)SC1(C)C. The van der Waals surface area contributed by atoms with Crippen LogP contribution < -0.4 is 5.32 Å². The number of thioether (sulfide) groups is 1. The van der Waals surface area contributed by atoms with Gasteiger partial charge in [0.15, 0.2) is 10.5 Å². The molecule has 132 valence electrons. The molecule has 1 atom stereocenters. The number of para-hydroxylation sites is 1. The van der Waals surface area contributed by atoms with Gasteiger partial charge in [0.2, 0.25) is 0 Å². The van der Waals surface area contributed by atoms with Gasteiger partial charge >= 0.3 is 6.03 Å². The number of hydroxylamine groups is 2. The van der Waals surface area contributed by atoms with Crippen LogP contribution in [-0.2, 0) is 0 Å². The van der Waals surface area contributed by atoms with E-state index in [0.717, 1.165) is 16.5 Å². The van der Waals surface area contributed by atoms with Crippen LogP contribution in [0.4, 0.5) is 4.79 Å². The van der Waals surface area contributed by atoms with Crippen LogP contribution in [0.5, 0.6) is 0 Å². The van der Waals surface area contributed by atoms with Crippen LogP contribution in [-0.4, -0.2) is 54.8 Å². The lowest BCUT2D eigenvalue weighted by Crippen LogP contribution is -2.55. The predicted molar refractivity (Wildman–Crippen MR) is 104 cm³/mol. The van der Waals surface area contributed by atoms with E-state index in [0.29, 0.717) is 9.38 Å². The molecule has 1 aliphatic heterocycles. The van der Waals surface area contributed by atoms with Crippen molar-refractivity contribution in [2.45, 2.75) is 24.8 Å². The van der Waals surface area contributed by atoms with E-state index in [4.69, 9.17) is 12.2 Å². The largest absolute Gasteiger partial charge is 0.361 e. The number of urea groups is 1. The molecule has 9 heteroatoms. The van der Waals surface area contributed by atoms with E-state index in [1.807, 2.05) is 44.3 Å². The molecule has 0 bridgehead atoms. The Kier molecular flexibility index (Phi) is 4.72. The molecule has 3 rings (SSSR count). The first-order chi connectivity index (χ1) is 11.8. The summed E-state index contributed by atoms with van der Waals surface area (Å²) in [5, 5.41) is 20.3. The Labute approximate surface area is 155 Å². The van der Waals surface area contributed by atoms with Crippen LogP contribution in [0.3, 0.4) is 0 Å². The minimum Gasteiger partial charge on any atom is -0.361 e. The Bertz CT molecular complexity index is 848. The number of benzene rings is 1. The fourth-order valence-corrected chi connectivity index (χ4v) is 4.57. The van der Waals surface area contributed by atoms with Gasteiger partial charge in [-0.25, -0.2) is 9.80 Å². The second-order valence-corrected chi connectivity index (χ2v) is 8.41. The Balaban J connectivity index is 1.93. The first kappa shape index (κ1) is 17.7. The molecule has 3 N–H and O–H groups in total. The molecular formula is C16H19N5O2S2.